The van der Waals surface area contributed by atoms with E-state index in [9.17, 15) is 27.9 Å². The molecule has 1 fully saturated rings. The van der Waals surface area contributed by atoms with Crippen LogP contribution in [-0.2, 0) is 4.79 Å². The number of carboxylic acids is 1. The number of aromatic nitrogens is 1. The Morgan fingerprint density at radius 1 is 1.19 bits per heavy atom. The maximum Gasteiger partial charge on any atom is 0.341 e. The molecule has 0 bridgehead atoms. The van der Waals surface area contributed by atoms with Crippen LogP contribution in [0.5, 0.6) is 5.75 Å². The van der Waals surface area contributed by atoms with Gasteiger partial charge in [-0.1, -0.05) is 0 Å². The van der Waals surface area contributed by atoms with Crippen molar-refractivity contribution >= 4 is 30.1 Å². The van der Waals surface area contributed by atoms with Gasteiger partial charge in [-0.15, -0.1) is 0 Å². The number of urea groups is 1. The fraction of sp³-hybridized carbons (Fsp3) is 0.261. The summed E-state index contributed by atoms with van der Waals surface area (Å²) in [5, 5.41) is 24.4. The lowest BCUT2D eigenvalue weighted by molar-refractivity contribution is -0.131. The van der Waals surface area contributed by atoms with Crippen LogP contribution in [0.3, 0.4) is 0 Å². The number of hydrazone groups is 1. The summed E-state index contributed by atoms with van der Waals surface area (Å²) in [4.78, 5) is 29.6. The van der Waals surface area contributed by atoms with Crippen molar-refractivity contribution in [2.24, 2.45) is 5.10 Å². The van der Waals surface area contributed by atoms with Crippen molar-refractivity contribution in [2.75, 3.05) is 20.1 Å². The second-order valence-corrected chi connectivity index (χ2v) is 8.01. The number of carbonyl (C=O) groups is 2. The molecule has 4 rings (SSSR count). The molecule has 1 aromatic heterocycles. The third kappa shape index (κ3) is 4.85. The first-order valence-electron chi connectivity index (χ1n) is 10.8. The van der Waals surface area contributed by atoms with E-state index in [1.54, 1.807) is 0 Å². The van der Waals surface area contributed by atoms with E-state index in [2.05, 4.69) is 15.4 Å². The summed E-state index contributed by atoms with van der Waals surface area (Å²) in [5.41, 5.74) is -0.0444. The first-order chi connectivity index (χ1) is 17.2. The van der Waals surface area contributed by atoms with Gasteiger partial charge < -0.3 is 25.5 Å². The molecule has 2 aromatic rings. The van der Waals surface area contributed by atoms with E-state index in [1.807, 2.05) is 0 Å². The molecule has 2 amide bonds. The molecule has 13 heteroatoms. The fourth-order valence-electron chi connectivity index (χ4n) is 3.92. The summed E-state index contributed by atoms with van der Waals surface area (Å²) in [6, 6.07) is 3.10. The number of carbonyl (C=O) groups excluding carboxylic acids is 1. The zero-order valence-electron chi connectivity index (χ0n) is 18.9. The van der Waals surface area contributed by atoms with Crippen LogP contribution in [0.1, 0.15) is 23.7 Å². The fourth-order valence-corrected chi connectivity index (χ4v) is 3.92. The highest BCUT2D eigenvalue weighted by Crippen LogP contribution is 2.32. The summed E-state index contributed by atoms with van der Waals surface area (Å²) in [6.07, 6.45) is 2.72. The first-order valence-corrected chi connectivity index (χ1v) is 10.8. The normalized spacial score (nSPS) is 17.9. The Labute approximate surface area is 203 Å². The molecule has 1 saturated heterocycles. The zero-order valence-corrected chi connectivity index (χ0v) is 18.9. The number of hydrogen-bond donors (Lipinski definition) is 3. The monoisotopic (exact) mass is 502 g/mol. The maximum atomic E-state index is 14.4. The van der Waals surface area contributed by atoms with Crippen molar-refractivity contribution in [3.8, 4) is 5.75 Å². The van der Waals surface area contributed by atoms with Gasteiger partial charge in [0.2, 0.25) is 0 Å². The Balaban J connectivity index is 1.44. The molecule has 2 aliphatic heterocycles. The van der Waals surface area contributed by atoms with Crippen molar-refractivity contribution < 1.29 is 32.6 Å². The van der Waals surface area contributed by atoms with Crippen molar-refractivity contribution in [3.63, 3.8) is 0 Å². The number of nitrogens with zero attached hydrogens (tertiary/aromatic N) is 4. The number of rotatable bonds is 7. The number of ether oxygens (including phenoxy) is 1. The molecule has 10 nitrogen and oxygen atoms in total. The summed E-state index contributed by atoms with van der Waals surface area (Å²) in [7, 11) is 1.44. The molecule has 1 atom stereocenters. The number of halogens is 3. The van der Waals surface area contributed by atoms with Gasteiger partial charge in [-0.05, 0) is 17.7 Å². The minimum Gasteiger partial charge on any atom is -0.483 e. The molecule has 3 heterocycles. The maximum absolute atomic E-state index is 14.4. The summed E-state index contributed by atoms with van der Waals surface area (Å²) < 4.78 is 47.3. The van der Waals surface area contributed by atoms with Crippen LogP contribution in [0, 0.1) is 22.9 Å². The molecule has 0 aliphatic carbocycles. The third-order valence-electron chi connectivity index (χ3n) is 5.68. The molecule has 36 heavy (non-hydrogen) atoms. The van der Waals surface area contributed by atoms with Crippen LogP contribution >= 0.6 is 0 Å². The molecular weight excluding hydrogens is 481 g/mol. The van der Waals surface area contributed by atoms with Crippen LogP contribution in [0.4, 0.5) is 18.0 Å². The highest BCUT2D eigenvalue weighted by molar-refractivity contribution is 6.14. The van der Waals surface area contributed by atoms with Crippen LogP contribution in [0.2, 0.25) is 0 Å². The van der Waals surface area contributed by atoms with E-state index in [0.29, 0.717) is 12.6 Å². The minimum absolute atomic E-state index is 0.000476. The van der Waals surface area contributed by atoms with E-state index in [4.69, 9.17) is 10.1 Å². The number of nitrogens with one attached hydrogen (secondary N) is 2. The van der Waals surface area contributed by atoms with Crippen molar-refractivity contribution in [1.82, 2.24) is 20.2 Å². The van der Waals surface area contributed by atoms with E-state index < -0.39 is 41.6 Å². The smallest absolute Gasteiger partial charge is 0.341 e. The lowest BCUT2D eigenvalue weighted by Crippen LogP contribution is -2.58. The minimum atomic E-state index is -1.36. The predicted octanol–water partition coefficient (Wildman–Crippen LogP) is 2.78. The number of benzene rings is 1. The molecule has 0 unspecified atom stereocenters. The number of likely N-dealkylation sites (tertiary alicyclic amines) is 1. The Morgan fingerprint density at radius 2 is 1.89 bits per heavy atom. The second-order valence-electron chi connectivity index (χ2n) is 8.01. The number of carboxylic acid groups (broad SMARTS) is 1. The lowest BCUT2D eigenvalue weighted by atomic mass is 10.0. The van der Waals surface area contributed by atoms with Gasteiger partial charge >= 0.3 is 12.0 Å². The van der Waals surface area contributed by atoms with E-state index >= 15 is 0 Å². The number of aliphatic carboxylic acids is 1. The predicted molar refractivity (Wildman–Crippen MR) is 122 cm³/mol. The largest absolute Gasteiger partial charge is 0.483 e. The molecule has 188 valence electrons. The van der Waals surface area contributed by atoms with Gasteiger partial charge in [-0.2, -0.15) is 5.10 Å². The Kier molecular flexibility index (Phi) is 6.90. The molecule has 2 aliphatic rings. The van der Waals surface area contributed by atoms with Crippen LogP contribution in [-0.4, -0.2) is 70.7 Å². The first kappa shape index (κ1) is 24.7. The Morgan fingerprint density at radius 3 is 2.50 bits per heavy atom. The standard InChI is InChI=1S/C23H21F3N6O4/c1-28-21(16(8-27)22(33)34)18-7-20(17(26)9-29-18)36-15-10-31(11-15)23(35)32-19(2-3-30-32)12-4-13(24)6-14(25)5-12/h3-9,15,19,27-28H,2,10-11H2,1H3,(H,33,34)/b21-16+,27-8?/t19-/m0/s1. The molecular formula is C23H21F3N6O4. The molecule has 1 aromatic carbocycles. The van der Waals surface area contributed by atoms with Gasteiger partial charge in [0, 0.05) is 38.0 Å². The van der Waals surface area contributed by atoms with Crippen LogP contribution in [0.15, 0.2) is 41.1 Å². The number of amides is 2. The van der Waals surface area contributed by atoms with Crippen molar-refractivity contribution in [1.29, 1.82) is 5.41 Å². The topological polar surface area (TPSA) is 131 Å². The van der Waals surface area contributed by atoms with E-state index in [1.165, 1.54) is 24.2 Å². The highest BCUT2D eigenvalue weighted by Gasteiger charge is 2.39. The quantitative estimate of drug-likeness (QED) is 0.394. The van der Waals surface area contributed by atoms with Gasteiger partial charge in [0.05, 0.1) is 36.7 Å². The van der Waals surface area contributed by atoms with Gasteiger partial charge in [-0.25, -0.2) is 27.8 Å². The molecule has 0 radical (unpaired) electrons. The number of hydrogen-bond acceptors (Lipinski definition) is 7. The second kappa shape index (κ2) is 10.1. The van der Waals surface area contributed by atoms with Gasteiger partial charge in [0.1, 0.15) is 23.3 Å². The summed E-state index contributed by atoms with van der Waals surface area (Å²) in [5.74, 6) is -3.87. The molecule has 0 saturated carbocycles. The average Bonchev–Trinajstić information content (AvgIpc) is 3.29. The lowest BCUT2D eigenvalue weighted by Gasteiger charge is -2.41. The van der Waals surface area contributed by atoms with Gasteiger partial charge in [0.25, 0.3) is 0 Å². The van der Waals surface area contributed by atoms with Crippen molar-refractivity contribution in [2.45, 2.75) is 18.6 Å². The Hall–Kier alpha value is -4.42. The molecule has 0 spiro atoms. The summed E-state index contributed by atoms with van der Waals surface area (Å²) >= 11 is 0. The average molecular weight is 502 g/mol. The Bertz CT molecular complexity index is 1260. The van der Waals surface area contributed by atoms with Crippen LogP contribution < -0.4 is 10.1 Å². The SMILES string of the molecule is CN/C(=C(\C=N)C(=O)O)c1cc(OC2CN(C(=O)N3N=CC[C@H]3c3cc(F)cc(F)c3)C2)c(F)cn1. The molecule has 3 N–H and O–H groups in total. The summed E-state index contributed by atoms with van der Waals surface area (Å²) in [6.45, 7) is 0.198. The van der Waals surface area contributed by atoms with Gasteiger partial charge in [-0.3, -0.25) is 4.98 Å². The van der Waals surface area contributed by atoms with E-state index in [0.717, 1.165) is 29.4 Å². The zero-order chi connectivity index (χ0) is 26.0. The van der Waals surface area contributed by atoms with E-state index in [-0.39, 0.29) is 41.4 Å². The van der Waals surface area contributed by atoms with Gasteiger partial charge in [0.15, 0.2) is 11.6 Å². The number of pyridine rings is 1. The third-order valence-corrected chi connectivity index (χ3v) is 5.68. The van der Waals surface area contributed by atoms with Crippen LogP contribution in [0.25, 0.3) is 5.70 Å². The highest BCUT2D eigenvalue weighted by atomic mass is 19.1. The van der Waals surface area contributed by atoms with Crippen molar-refractivity contribution in [3.05, 3.63) is 64.7 Å².